The van der Waals surface area contributed by atoms with Crippen LogP contribution in [0.3, 0.4) is 0 Å². The summed E-state index contributed by atoms with van der Waals surface area (Å²) in [7, 11) is 0. The fraction of sp³-hybridized carbons (Fsp3) is 0.320. The third-order valence-corrected chi connectivity index (χ3v) is 5.63. The molecule has 2 heterocycles. The Morgan fingerprint density at radius 2 is 1.53 bits per heavy atom. The molecule has 0 radical (unpaired) electrons. The minimum Gasteiger partial charge on any atom is -0.353 e. The second-order valence-electron chi connectivity index (χ2n) is 7.68. The molecule has 1 aromatic heterocycles. The Kier molecular flexibility index (Phi) is 6.07. The van der Waals surface area contributed by atoms with Gasteiger partial charge < -0.3 is 9.80 Å². The Morgan fingerprint density at radius 1 is 0.900 bits per heavy atom. The zero-order valence-corrected chi connectivity index (χ0v) is 17.7. The molecule has 30 heavy (non-hydrogen) atoms. The van der Waals surface area contributed by atoms with Gasteiger partial charge in [-0.05, 0) is 31.0 Å². The van der Waals surface area contributed by atoms with Crippen molar-refractivity contribution in [1.82, 2.24) is 14.9 Å². The number of carbonyl (C=O) groups excluding carboxylic acids is 1. The van der Waals surface area contributed by atoms with Gasteiger partial charge in [0.2, 0.25) is 0 Å². The molecule has 0 bridgehead atoms. The maximum Gasteiger partial charge on any atom is 0.253 e. The smallest absolute Gasteiger partial charge is 0.253 e. The molecule has 0 N–H and O–H groups in total. The Labute approximate surface area is 178 Å². The number of anilines is 1. The van der Waals surface area contributed by atoms with Crippen LogP contribution in [-0.4, -0.2) is 47.0 Å². The van der Waals surface area contributed by atoms with Crippen molar-refractivity contribution in [3.05, 3.63) is 88.9 Å². The Hall–Kier alpha value is -3.21. The highest BCUT2D eigenvalue weighted by atomic mass is 16.2. The van der Waals surface area contributed by atoms with E-state index in [1.807, 2.05) is 48.2 Å². The summed E-state index contributed by atoms with van der Waals surface area (Å²) in [6, 6.07) is 20.0. The van der Waals surface area contributed by atoms with Crippen molar-refractivity contribution in [3.63, 3.8) is 0 Å². The normalized spacial score (nSPS) is 14.1. The van der Waals surface area contributed by atoms with Gasteiger partial charge in [-0.2, -0.15) is 0 Å². The molecule has 4 rings (SSSR count). The number of carbonyl (C=O) groups is 1. The van der Waals surface area contributed by atoms with Crippen molar-refractivity contribution in [2.45, 2.75) is 26.7 Å². The fourth-order valence-electron chi connectivity index (χ4n) is 4.06. The molecule has 0 aliphatic carbocycles. The minimum absolute atomic E-state index is 0.105. The first-order chi connectivity index (χ1) is 14.7. The van der Waals surface area contributed by atoms with Gasteiger partial charge in [-0.3, -0.25) is 4.79 Å². The predicted octanol–water partition coefficient (Wildman–Crippen LogP) is 3.90. The average Bonchev–Trinajstić information content (AvgIpc) is 2.81. The van der Waals surface area contributed by atoms with Crippen LogP contribution in [0.1, 0.15) is 39.9 Å². The summed E-state index contributed by atoms with van der Waals surface area (Å²) >= 11 is 0. The number of hydrogen-bond acceptors (Lipinski definition) is 4. The molecule has 0 unspecified atom stereocenters. The van der Waals surface area contributed by atoms with Gasteiger partial charge in [0.15, 0.2) is 0 Å². The quantitative estimate of drug-likeness (QED) is 0.652. The molecule has 1 fully saturated rings. The Morgan fingerprint density at radius 3 is 2.17 bits per heavy atom. The molecule has 154 valence electrons. The number of benzene rings is 2. The van der Waals surface area contributed by atoms with Crippen LogP contribution in [0.5, 0.6) is 0 Å². The largest absolute Gasteiger partial charge is 0.353 e. The number of aryl methyl sites for hydroxylation is 2. The molecule has 5 heteroatoms. The topological polar surface area (TPSA) is 49.3 Å². The number of aromatic nitrogens is 2. The Bertz CT molecular complexity index is 996. The van der Waals surface area contributed by atoms with Gasteiger partial charge in [0, 0.05) is 49.4 Å². The Balaban J connectivity index is 1.55. The lowest BCUT2D eigenvalue weighted by Crippen LogP contribution is -2.49. The van der Waals surface area contributed by atoms with Crippen molar-refractivity contribution in [2.75, 3.05) is 31.1 Å². The van der Waals surface area contributed by atoms with Gasteiger partial charge in [0.1, 0.15) is 11.6 Å². The standard InChI is InChI=1S/C25H28N4O/c1-3-23-22(18-20-10-6-4-7-11-20)24(27-19(2)26-23)28-14-16-29(17-15-28)25(30)21-12-8-5-9-13-21/h4-13H,3,14-18H2,1-2H3. The van der Waals surface area contributed by atoms with Crippen LogP contribution in [0.2, 0.25) is 0 Å². The van der Waals surface area contributed by atoms with E-state index in [9.17, 15) is 4.79 Å². The average molecular weight is 401 g/mol. The van der Waals surface area contributed by atoms with Crippen molar-refractivity contribution < 1.29 is 4.79 Å². The number of amides is 1. The molecule has 1 aliphatic heterocycles. The van der Waals surface area contributed by atoms with Crippen molar-refractivity contribution in [1.29, 1.82) is 0 Å². The van der Waals surface area contributed by atoms with E-state index in [1.54, 1.807) is 0 Å². The lowest BCUT2D eigenvalue weighted by atomic mass is 10.0. The summed E-state index contributed by atoms with van der Waals surface area (Å²) in [6.07, 6.45) is 1.70. The zero-order valence-electron chi connectivity index (χ0n) is 17.7. The van der Waals surface area contributed by atoms with E-state index in [4.69, 9.17) is 9.97 Å². The van der Waals surface area contributed by atoms with Crippen molar-refractivity contribution in [2.24, 2.45) is 0 Å². The molecule has 5 nitrogen and oxygen atoms in total. The van der Waals surface area contributed by atoms with E-state index in [0.717, 1.165) is 48.8 Å². The fourth-order valence-corrected chi connectivity index (χ4v) is 4.06. The number of rotatable bonds is 5. The highest BCUT2D eigenvalue weighted by Crippen LogP contribution is 2.26. The molecule has 0 spiro atoms. The minimum atomic E-state index is 0.105. The maximum atomic E-state index is 12.8. The molecule has 1 saturated heterocycles. The third kappa shape index (κ3) is 4.35. The van der Waals surface area contributed by atoms with E-state index in [1.165, 1.54) is 11.1 Å². The van der Waals surface area contributed by atoms with E-state index in [2.05, 4.69) is 36.1 Å². The number of hydrogen-bond donors (Lipinski definition) is 0. The molecule has 0 atom stereocenters. The first-order valence-corrected chi connectivity index (χ1v) is 10.6. The summed E-state index contributed by atoms with van der Waals surface area (Å²) in [4.78, 5) is 26.6. The summed E-state index contributed by atoms with van der Waals surface area (Å²) in [5.74, 6) is 1.93. The maximum absolute atomic E-state index is 12.8. The van der Waals surface area contributed by atoms with Crippen molar-refractivity contribution in [3.8, 4) is 0 Å². The van der Waals surface area contributed by atoms with Gasteiger partial charge in [0.25, 0.3) is 5.91 Å². The SMILES string of the molecule is CCc1nc(C)nc(N2CCN(C(=O)c3ccccc3)CC2)c1Cc1ccccc1. The van der Waals surface area contributed by atoms with Crippen molar-refractivity contribution >= 4 is 11.7 Å². The molecule has 1 aliphatic rings. The molecule has 1 amide bonds. The molecule has 2 aromatic carbocycles. The van der Waals surface area contributed by atoms with Gasteiger partial charge in [-0.15, -0.1) is 0 Å². The van der Waals surface area contributed by atoms with Gasteiger partial charge >= 0.3 is 0 Å². The number of nitrogens with zero attached hydrogens (tertiary/aromatic N) is 4. The summed E-state index contributed by atoms with van der Waals surface area (Å²) in [5.41, 5.74) is 4.34. The second kappa shape index (κ2) is 9.08. The van der Waals surface area contributed by atoms with Gasteiger partial charge in [-0.1, -0.05) is 55.5 Å². The summed E-state index contributed by atoms with van der Waals surface area (Å²) in [5, 5.41) is 0. The summed E-state index contributed by atoms with van der Waals surface area (Å²) in [6.45, 7) is 7.06. The first-order valence-electron chi connectivity index (χ1n) is 10.6. The van der Waals surface area contributed by atoms with Crippen LogP contribution in [0.25, 0.3) is 0 Å². The molecular formula is C25H28N4O. The highest BCUT2D eigenvalue weighted by molar-refractivity contribution is 5.94. The van der Waals surface area contributed by atoms with Crippen LogP contribution in [0.15, 0.2) is 60.7 Å². The molecule has 0 saturated carbocycles. The molecule has 3 aromatic rings. The zero-order chi connectivity index (χ0) is 20.9. The summed E-state index contributed by atoms with van der Waals surface area (Å²) < 4.78 is 0. The van der Waals surface area contributed by atoms with E-state index in [-0.39, 0.29) is 5.91 Å². The van der Waals surface area contributed by atoms with Gasteiger partial charge in [-0.25, -0.2) is 9.97 Å². The van der Waals surface area contributed by atoms with Crippen LogP contribution in [0, 0.1) is 6.92 Å². The lowest BCUT2D eigenvalue weighted by molar-refractivity contribution is 0.0746. The second-order valence-corrected chi connectivity index (χ2v) is 7.68. The first kappa shape index (κ1) is 20.1. The number of piperazine rings is 1. The van der Waals surface area contributed by atoms with E-state index >= 15 is 0 Å². The molecular weight excluding hydrogens is 372 g/mol. The van der Waals surface area contributed by atoms with Crippen LogP contribution < -0.4 is 4.90 Å². The third-order valence-electron chi connectivity index (χ3n) is 5.63. The van der Waals surface area contributed by atoms with E-state index < -0.39 is 0 Å². The lowest BCUT2D eigenvalue weighted by Gasteiger charge is -2.36. The van der Waals surface area contributed by atoms with Crippen LogP contribution in [-0.2, 0) is 12.8 Å². The predicted molar refractivity (Wildman–Crippen MR) is 120 cm³/mol. The van der Waals surface area contributed by atoms with Crippen LogP contribution in [0.4, 0.5) is 5.82 Å². The van der Waals surface area contributed by atoms with E-state index in [0.29, 0.717) is 13.1 Å². The monoisotopic (exact) mass is 400 g/mol. The van der Waals surface area contributed by atoms with Crippen LogP contribution >= 0.6 is 0 Å². The van der Waals surface area contributed by atoms with Gasteiger partial charge in [0.05, 0.1) is 0 Å². The highest BCUT2D eigenvalue weighted by Gasteiger charge is 2.25.